The molecule has 1 amide bonds. The molecule has 1 saturated heterocycles. The number of nitrogens with one attached hydrogen (secondary N) is 1. The Kier molecular flexibility index (Phi) is 6.12. The molecule has 144 valence electrons. The van der Waals surface area contributed by atoms with Gasteiger partial charge in [-0.25, -0.2) is 0 Å². The topological polar surface area (TPSA) is 99.9 Å². The molecule has 0 aromatic rings. The van der Waals surface area contributed by atoms with Crippen molar-refractivity contribution in [3.63, 3.8) is 0 Å². The summed E-state index contributed by atoms with van der Waals surface area (Å²) in [6, 6.07) is 0. The molecule has 2 rings (SSSR count). The van der Waals surface area contributed by atoms with Gasteiger partial charge in [0.05, 0.1) is 13.0 Å². The zero-order chi connectivity index (χ0) is 18.7. The van der Waals surface area contributed by atoms with Crippen molar-refractivity contribution in [3.05, 3.63) is 0 Å². The van der Waals surface area contributed by atoms with Crippen molar-refractivity contribution in [3.8, 4) is 0 Å². The first-order valence-electron chi connectivity index (χ1n) is 9.13. The highest BCUT2D eigenvalue weighted by Crippen LogP contribution is 2.34. The van der Waals surface area contributed by atoms with Gasteiger partial charge in [-0.3, -0.25) is 15.3 Å². The molecule has 0 spiro atoms. The van der Waals surface area contributed by atoms with Crippen LogP contribution in [0.25, 0.3) is 0 Å². The Bertz CT molecular complexity index is 498. The molecule has 1 atom stereocenters. The smallest absolute Gasteiger partial charge is 0.309 e. The second-order valence-electron chi connectivity index (χ2n) is 8.32. The lowest BCUT2D eigenvalue weighted by Crippen LogP contribution is -2.56. The highest BCUT2D eigenvalue weighted by Gasteiger charge is 2.45. The van der Waals surface area contributed by atoms with Gasteiger partial charge in [0.1, 0.15) is 6.10 Å². The summed E-state index contributed by atoms with van der Waals surface area (Å²) in [4.78, 5) is 24.5. The van der Waals surface area contributed by atoms with Crippen LogP contribution in [-0.2, 0) is 23.8 Å². The Morgan fingerprint density at radius 3 is 2.44 bits per heavy atom. The number of carbonyl (C=O) groups excluding carboxylic acids is 2. The number of amides is 1. The van der Waals surface area contributed by atoms with Crippen LogP contribution in [0.2, 0.25) is 0 Å². The van der Waals surface area contributed by atoms with Crippen LogP contribution in [0.3, 0.4) is 0 Å². The third-order valence-electron chi connectivity index (χ3n) is 4.79. The summed E-state index contributed by atoms with van der Waals surface area (Å²) in [7, 11) is 0. The third-order valence-corrected chi connectivity index (χ3v) is 4.79. The second-order valence-corrected chi connectivity index (χ2v) is 8.32. The van der Waals surface area contributed by atoms with E-state index in [2.05, 4.69) is 5.32 Å². The molecule has 7 heteroatoms. The van der Waals surface area contributed by atoms with Crippen molar-refractivity contribution in [1.29, 1.82) is 0 Å². The highest BCUT2D eigenvalue weighted by molar-refractivity contribution is 5.82. The fraction of sp³-hybridized carbons (Fsp3) is 0.889. The average Bonchev–Trinajstić information content (AvgIpc) is 2.50. The van der Waals surface area contributed by atoms with E-state index >= 15 is 0 Å². The predicted octanol–water partition coefficient (Wildman–Crippen LogP) is 1.83. The minimum absolute atomic E-state index is 0.0950. The van der Waals surface area contributed by atoms with E-state index in [1.165, 1.54) is 0 Å². The largest absolute Gasteiger partial charge is 0.444 e. The fourth-order valence-corrected chi connectivity index (χ4v) is 3.23. The standard InChI is InChI=1S/C18H32N2O5/c1-16(2)12-23-17(3,4)25-14(16)15(22)20-11-8-13(21)24-18(19)9-6-5-7-10-18/h14H,5-12,19H2,1-4H3,(H,20,22). The molecule has 2 fully saturated rings. The summed E-state index contributed by atoms with van der Waals surface area (Å²) in [5.41, 5.74) is 4.83. The van der Waals surface area contributed by atoms with Crippen LogP contribution in [0, 0.1) is 5.41 Å². The van der Waals surface area contributed by atoms with Crippen molar-refractivity contribution in [2.24, 2.45) is 11.1 Å². The van der Waals surface area contributed by atoms with Gasteiger partial charge in [0.15, 0.2) is 11.5 Å². The third kappa shape index (κ3) is 5.66. The van der Waals surface area contributed by atoms with Gasteiger partial charge in [0, 0.05) is 24.8 Å². The minimum Gasteiger partial charge on any atom is -0.444 e. The zero-order valence-corrected chi connectivity index (χ0v) is 15.9. The van der Waals surface area contributed by atoms with Crippen LogP contribution in [0.1, 0.15) is 66.2 Å². The molecule has 7 nitrogen and oxygen atoms in total. The first kappa shape index (κ1) is 20.1. The van der Waals surface area contributed by atoms with Gasteiger partial charge in [-0.1, -0.05) is 20.3 Å². The zero-order valence-electron chi connectivity index (χ0n) is 15.9. The molecule has 3 N–H and O–H groups in total. The predicted molar refractivity (Wildman–Crippen MR) is 92.4 cm³/mol. The molecule has 0 aromatic heterocycles. The van der Waals surface area contributed by atoms with Crippen molar-refractivity contribution in [1.82, 2.24) is 5.32 Å². The molecule has 25 heavy (non-hydrogen) atoms. The second kappa shape index (κ2) is 7.60. The lowest BCUT2D eigenvalue weighted by Gasteiger charge is -2.44. The van der Waals surface area contributed by atoms with E-state index < -0.39 is 23.0 Å². The maximum Gasteiger partial charge on any atom is 0.309 e. The van der Waals surface area contributed by atoms with E-state index in [1.807, 2.05) is 13.8 Å². The van der Waals surface area contributed by atoms with Crippen molar-refractivity contribution in [2.75, 3.05) is 13.2 Å². The molecule has 0 bridgehead atoms. The van der Waals surface area contributed by atoms with Gasteiger partial charge in [-0.15, -0.1) is 0 Å². The Labute approximate surface area is 149 Å². The Balaban J connectivity index is 1.78. The Hall–Kier alpha value is -1.18. The molecule has 1 aliphatic carbocycles. The molecule has 0 aromatic carbocycles. The van der Waals surface area contributed by atoms with Crippen LogP contribution in [0.15, 0.2) is 0 Å². The lowest BCUT2D eigenvalue weighted by molar-refractivity contribution is -0.304. The van der Waals surface area contributed by atoms with E-state index in [4.69, 9.17) is 19.9 Å². The number of ether oxygens (including phenoxy) is 3. The van der Waals surface area contributed by atoms with E-state index in [0.29, 0.717) is 19.4 Å². The summed E-state index contributed by atoms with van der Waals surface area (Å²) >= 11 is 0. The number of rotatable bonds is 5. The lowest BCUT2D eigenvalue weighted by atomic mass is 9.85. The maximum absolute atomic E-state index is 12.5. The highest BCUT2D eigenvalue weighted by atomic mass is 16.7. The summed E-state index contributed by atoms with van der Waals surface area (Å²) < 4.78 is 16.8. The molecular formula is C18H32N2O5. The molecule has 1 aliphatic heterocycles. The van der Waals surface area contributed by atoms with Crippen molar-refractivity contribution in [2.45, 2.75) is 83.8 Å². The molecule has 1 saturated carbocycles. The Morgan fingerprint density at radius 2 is 1.80 bits per heavy atom. The van der Waals surface area contributed by atoms with Crippen LogP contribution < -0.4 is 11.1 Å². The van der Waals surface area contributed by atoms with Gasteiger partial charge < -0.3 is 19.5 Å². The average molecular weight is 356 g/mol. The maximum atomic E-state index is 12.5. The molecule has 0 radical (unpaired) electrons. The molecule has 2 aliphatic rings. The molecule has 1 heterocycles. The van der Waals surface area contributed by atoms with Crippen molar-refractivity contribution >= 4 is 11.9 Å². The van der Waals surface area contributed by atoms with Gasteiger partial charge in [-0.05, 0) is 26.7 Å². The van der Waals surface area contributed by atoms with E-state index in [0.717, 1.165) is 19.3 Å². The normalized spacial score (nSPS) is 27.3. The Morgan fingerprint density at radius 1 is 1.16 bits per heavy atom. The molecular weight excluding hydrogens is 324 g/mol. The van der Waals surface area contributed by atoms with Crippen LogP contribution in [0.5, 0.6) is 0 Å². The first-order valence-corrected chi connectivity index (χ1v) is 9.13. The van der Waals surface area contributed by atoms with Crippen LogP contribution in [-0.4, -0.2) is 42.6 Å². The quantitative estimate of drug-likeness (QED) is 0.576. The minimum atomic E-state index is -0.838. The summed E-state index contributed by atoms with van der Waals surface area (Å²) in [5.74, 6) is -1.42. The molecule has 1 unspecified atom stereocenters. The van der Waals surface area contributed by atoms with Gasteiger partial charge in [0.2, 0.25) is 5.91 Å². The number of nitrogens with two attached hydrogens (primary N) is 1. The number of hydrogen-bond acceptors (Lipinski definition) is 6. The van der Waals surface area contributed by atoms with Crippen LogP contribution in [0.4, 0.5) is 0 Å². The van der Waals surface area contributed by atoms with Gasteiger partial charge in [0.25, 0.3) is 0 Å². The SMILES string of the molecule is CC1(C)OCC(C)(C)C(C(=O)NCCC(=O)OC2(N)CCCCC2)O1. The van der Waals surface area contributed by atoms with E-state index in [1.54, 1.807) is 13.8 Å². The first-order chi connectivity index (χ1) is 11.5. The summed E-state index contributed by atoms with van der Waals surface area (Å²) in [6.45, 7) is 8.03. The van der Waals surface area contributed by atoms with Gasteiger partial charge in [-0.2, -0.15) is 0 Å². The van der Waals surface area contributed by atoms with E-state index in [9.17, 15) is 9.59 Å². The van der Waals surface area contributed by atoms with Gasteiger partial charge >= 0.3 is 5.97 Å². The van der Waals surface area contributed by atoms with Crippen LogP contribution >= 0.6 is 0 Å². The van der Waals surface area contributed by atoms with E-state index in [-0.39, 0.29) is 24.8 Å². The van der Waals surface area contributed by atoms with Crippen molar-refractivity contribution < 1.29 is 23.8 Å². The number of hydrogen-bond donors (Lipinski definition) is 2. The number of carbonyl (C=O) groups is 2. The summed E-state index contributed by atoms with van der Waals surface area (Å²) in [6.07, 6.45) is 3.95. The fourth-order valence-electron chi connectivity index (χ4n) is 3.23. The number of esters is 1. The summed E-state index contributed by atoms with van der Waals surface area (Å²) in [5, 5.41) is 2.77. The monoisotopic (exact) mass is 356 g/mol.